The van der Waals surface area contributed by atoms with E-state index in [0.29, 0.717) is 24.8 Å². The molecule has 102 valence electrons. The minimum Gasteiger partial charge on any atom is -0.477 e. The number of ketones is 1. The molecule has 1 aromatic rings. The van der Waals surface area contributed by atoms with E-state index >= 15 is 0 Å². The van der Waals surface area contributed by atoms with Gasteiger partial charge in [0.15, 0.2) is 5.78 Å². The van der Waals surface area contributed by atoms with Crippen molar-refractivity contribution in [3.63, 3.8) is 0 Å². The summed E-state index contributed by atoms with van der Waals surface area (Å²) in [6.45, 7) is 2.30. The first kappa shape index (κ1) is 12.6. The molecule has 4 nitrogen and oxygen atoms in total. The number of pyridine rings is 1. The second kappa shape index (κ2) is 5.70. The molecule has 0 aromatic carbocycles. The van der Waals surface area contributed by atoms with E-state index in [4.69, 9.17) is 9.47 Å². The molecule has 0 bridgehead atoms. The highest BCUT2D eigenvalue weighted by atomic mass is 16.5. The van der Waals surface area contributed by atoms with Gasteiger partial charge in [0.25, 0.3) is 0 Å². The van der Waals surface area contributed by atoms with Crippen molar-refractivity contribution in [3.8, 4) is 5.88 Å². The molecule has 1 saturated heterocycles. The fraction of sp³-hybridized carbons (Fsp3) is 0.600. The van der Waals surface area contributed by atoms with Gasteiger partial charge in [-0.1, -0.05) is 0 Å². The fourth-order valence-corrected chi connectivity index (χ4v) is 2.70. The molecule has 0 saturated carbocycles. The van der Waals surface area contributed by atoms with E-state index in [0.717, 1.165) is 50.2 Å². The Morgan fingerprint density at radius 3 is 3.11 bits per heavy atom. The first-order valence-corrected chi connectivity index (χ1v) is 7.06. The van der Waals surface area contributed by atoms with E-state index in [1.165, 1.54) is 0 Å². The van der Waals surface area contributed by atoms with Crippen molar-refractivity contribution in [1.29, 1.82) is 0 Å². The lowest BCUT2D eigenvalue weighted by Crippen LogP contribution is -2.23. The van der Waals surface area contributed by atoms with Gasteiger partial charge in [0.1, 0.15) is 0 Å². The third-order valence-electron chi connectivity index (χ3n) is 3.79. The Balaban J connectivity index is 1.63. The van der Waals surface area contributed by atoms with E-state index in [9.17, 15) is 4.79 Å². The Hall–Kier alpha value is -1.42. The minimum absolute atomic E-state index is 0.209. The zero-order valence-corrected chi connectivity index (χ0v) is 11.1. The fourth-order valence-electron chi connectivity index (χ4n) is 2.70. The van der Waals surface area contributed by atoms with E-state index in [1.54, 1.807) is 0 Å². The van der Waals surface area contributed by atoms with Crippen LogP contribution in [0.25, 0.3) is 0 Å². The van der Waals surface area contributed by atoms with Gasteiger partial charge in [0.05, 0.1) is 18.9 Å². The number of nitrogens with zero attached hydrogens (tertiary/aromatic N) is 1. The van der Waals surface area contributed by atoms with Gasteiger partial charge in [-0.2, -0.15) is 0 Å². The second-order valence-corrected chi connectivity index (χ2v) is 5.31. The molecule has 0 amide bonds. The molecule has 19 heavy (non-hydrogen) atoms. The molecule has 0 N–H and O–H groups in total. The number of Topliss-reactive ketones (excluding diaryl/α,β-unsaturated/α-hetero) is 1. The van der Waals surface area contributed by atoms with Gasteiger partial charge in [0, 0.05) is 30.6 Å². The molecule has 3 rings (SSSR count). The average Bonchev–Trinajstić information content (AvgIpc) is 2.46. The summed E-state index contributed by atoms with van der Waals surface area (Å²) in [5.74, 6) is 1.31. The topological polar surface area (TPSA) is 48.4 Å². The summed E-state index contributed by atoms with van der Waals surface area (Å²) < 4.78 is 11.2. The van der Waals surface area contributed by atoms with E-state index in [2.05, 4.69) is 4.98 Å². The van der Waals surface area contributed by atoms with Gasteiger partial charge in [0.2, 0.25) is 5.88 Å². The van der Waals surface area contributed by atoms with Crippen molar-refractivity contribution in [2.75, 3.05) is 19.8 Å². The maximum absolute atomic E-state index is 11.7. The lowest BCUT2D eigenvalue weighted by molar-refractivity contribution is 0.0344. The van der Waals surface area contributed by atoms with Crippen LogP contribution < -0.4 is 4.74 Å². The predicted octanol–water partition coefficient (Wildman–Crippen LogP) is 2.41. The van der Waals surface area contributed by atoms with Crippen molar-refractivity contribution in [2.24, 2.45) is 5.92 Å². The number of aromatic nitrogens is 1. The number of carbonyl (C=O) groups is 1. The molecule has 2 aliphatic rings. The molecule has 1 aliphatic heterocycles. The molecule has 1 unspecified atom stereocenters. The average molecular weight is 261 g/mol. The van der Waals surface area contributed by atoms with Crippen LogP contribution >= 0.6 is 0 Å². The number of rotatable bonds is 3. The molecular weight excluding hydrogens is 242 g/mol. The number of hydrogen-bond acceptors (Lipinski definition) is 4. The number of ether oxygens (including phenoxy) is 2. The van der Waals surface area contributed by atoms with Crippen molar-refractivity contribution in [1.82, 2.24) is 4.98 Å². The lowest BCUT2D eigenvalue weighted by atomic mass is 9.95. The third kappa shape index (κ3) is 2.95. The highest BCUT2D eigenvalue weighted by Crippen LogP contribution is 2.23. The predicted molar refractivity (Wildman–Crippen MR) is 70.5 cm³/mol. The molecule has 0 radical (unpaired) electrons. The maximum Gasteiger partial charge on any atom is 0.213 e. The van der Waals surface area contributed by atoms with Crippen molar-refractivity contribution in [2.45, 2.75) is 32.1 Å². The Morgan fingerprint density at radius 2 is 2.26 bits per heavy atom. The molecule has 0 spiro atoms. The van der Waals surface area contributed by atoms with E-state index in [-0.39, 0.29) is 5.78 Å². The van der Waals surface area contributed by atoms with Gasteiger partial charge < -0.3 is 9.47 Å². The third-order valence-corrected chi connectivity index (χ3v) is 3.79. The van der Waals surface area contributed by atoms with Crippen LogP contribution in [0.2, 0.25) is 0 Å². The number of aryl methyl sites for hydroxylation is 1. The van der Waals surface area contributed by atoms with Crippen LogP contribution in [0.4, 0.5) is 0 Å². The van der Waals surface area contributed by atoms with Crippen LogP contribution in [0, 0.1) is 5.92 Å². The normalized spacial score (nSPS) is 22.9. The number of fused-ring (bicyclic) bond motifs is 1. The summed E-state index contributed by atoms with van der Waals surface area (Å²) in [4.78, 5) is 16.2. The van der Waals surface area contributed by atoms with Gasteiger partial charge >= 0.3 is 0 Å². The molecule has 1 fully saturated rings. The Labute approximate surface area is 113 Å². The van der Waals surface area contributed by atoms with Crippen LogP contribution in [0.1, 0.15) is 41.7 Å². The summed E-state index contributed by atoms with van der Waals surface area (Å²) in [5, 5.41) is 0. The monoisotopic (exact) mass is 261 g/mol. The molecular formula is C15H19NO3. The smallest absolute Gasteiger partial charge is 0.213 e. The Kier molecular flexibility index (Phi) is 3.78. The first-order valence-electron chi connectivity index (χ1n) is 7.06. The van der Waals surface area contributed by atoms with Gasteiger partial charge in [-0.15, -0.1) is 0 Å². The Morgan fingerprint density at radius 1 is 1.32 bits per heavy atom. The van der Waals surface area contributed by atoms with Gasteiger partial charge in [-0.05, 0) is 31.7 Å². The molecule has 1 aliphatic carbocycles. The summed E-state index contributed by atoms with van der Waals surface area (Å²) >= 11 is 0. The standard InChI is InChI=1S/C15H19NO3/c17-14-5-1-4-13-12(14)6-7-15(16-13)19-10-11-3-2-8-18-9-11/h6-7,11H,1-5,8-10H2. The molecule has 4 heteroatoms. The highest BCUT2D eigenvalue weighted by molar-refractivity contribution is 5.98. The summed E-state index contributed by atoms with van der Waals surface area (Å²) in [6.07, 6.45) is 4.70. The lowest BCUT2D eigenvalue weighted by Gasteiger charge is -2.22. The number of hydrogen-bond donors (Lipinski definition) is 0. The molecule has 1 atom stereocenters. The largest absolute Gasteiger partial charge is 0.477 e. The maximum atomic E-state index is 11.7. The van der Waals surface area contributed by atoms with Crippen LogP contribution in [-0.2, 0) is 11.2 Å². The quantitative estimate of drug-likeness (QED) is 0.838. The molecule has 2 heterocycles. The zero-order valence-electron chi connectivity index (χ0n) is 11.1. The van der Waals surface area contributed by atoms with Crippen molar-refractivity contribution < 1.29 is 14.3 Å². The van der Waals surface area contributed by atoms with Crippen molar-refractivity contribution in [3.05, 3.63) is 23.4 Å². The number of carbonyl (C=O) groups excluding carboxylic acids is 1. The van der Waals surface area contributed by atoms with Crippen LogP contribution in [0.5, 0.6) is 5.88 Å². The summed E-state index contributed by atoms with van der Waals surface area (Å²) in [5.41, 5.74) is 1.67. The highest BCUT2D eigenvalue weighted by Gasteiger charge is 2.19. The van der Waals surface area contributed by atoms with Crippen LogP contribution in [0.15, 0.2) is 12.1 Å². The van der Waals surface area contributed by atoms with Gasteiger partial charge in [-0.25, -0.2) is 4.98 Å². The van der Waals surface area contributed by atoms with Gasteiger partial charge in [-0.3, -0.25) is 4.79 Å². The van der Waals surface area contributed by atoms with Crippen LogP contribution in [-0.4, -0.2) is 30.6 Å². The van der Waals surface area contributed by atoms with E-state index < -0.39 is 0 Å². The van der Waals surface area contributed by atoms with Crippen LogP contribution in [0.3, 0.4) is 0 Å². The van der Waals surface area contributed by atoms with E-state index in [1.807, 2.05) is 12.1 Å². The first-order chi connectivity index (χ1) is 9.33. The zero-order chi connectivity index (χ0) is 13.1. The SMILES string of the molecule is O=C1CCCc2nc(OCC3CCCOC3)ccc21. The minimum atomic E-state index is 0.209. The summed E-state index contributed by atoms with van der Waals surface area (Å²) in [6, 6.07) is 3.67. The molecule has 1 aromatic heterocycles. The summed E-state index contributed by atoms with van der Waals surface area (Å²) in [7, 11) is 0. The Bertz CT molecular complexity index is 466. The second-order valence-electron chi connectivity index (χ2n) is 5.31. The van der Waals surface area contributed by atoms with Crippen molar-refractivity contribution >= 4 is 5.78 Å².